The van der Waals surface area contributed by atoms with E-state index in [0.717, 1.165) is 12.8 Å². The van der Waals surface area contributed by atoms with Gasteiger partial charge >= 0.3 is 5.97 Å². The number of carbonyl (C=O) groups is 5. The van der Waals surface area contributed by atoms with Gasteiger partial charge in [-0.3, -0.25) is 29.3 Å². The largest absolute Gasteiger partial charge is 0.481 e. The van der Waals surface area contributed by atoms with Crippen molar-refractivity contribution in [1.29, 1.82) is 0 Å². The Morgan fingerprint density at radius 2 is 1.84 bits per heavy atom. The number of carboxylic acid groups (broad SMARTS) is 1. The molecule has 3 aliphatic rings. The van der Waals surface area contributed by atoms with Gasteiger partial charge in [-0.25, -0.2) is 0 Å². The van der Waals surface area contributed by atoms with E-state index in [4.69, 9.17) is 5.11 Å². The van der Waals surface area contributed by atoms with E-state index in [9.17, 15) is 24.0 Å². The van der Waals surface area contributed by atoms with Crippen LogP contribution in [0.4, 0.5) is 0 Å². The lowest BCUT2D eigenvalue weighted by molar-refractivity contribution is -0.143. The molecule has 3 N–H and O–H groups in total. The average Bonchev–Trinajstić information content (AvgIpc) is 3.09. The Morgan fingerprint density at radius 3 is 2.52 bits per heavy atom. The van der Waals surface area contributed by atoms with Crippen molar-refractivity contribution in [1.82, 2.24) is 15.5 Å². The number of aliphatic carboxylic acids is 1. The Hall–Kier alpha value is -3.23. The molecule has 0 spiro atoms. The molecule has 9 heteroatoms. The van der Waals surface area contributed by atoms with E-state index in [2.05, 4.69) is 10.6 Å². The van der Waals surface area contributed by atoms with Gasteiger partial charge in [0.15, 0.2) is 0 Å². The number of amides is 4. The molecule has 0 aromatic heterocycles. The highest BCUT2D eigenvalue weighted by molar-refractivity contribution is 6.07. The van der Waals surface area contributed by atoms with Crippen LogP contribution in [0.2, 0.25) is 0 Å². The topological polar surface area (TPSA) is 133 Å². The van der Waals surface area contributed by atoms with Crippen molar-refractivity contribution in [3.63, 3.8) is 0 Å². The number of nitrogens with zero attached hydrogens (tertiary/aromatic N) is 1. The third-order valence-electron chi connectivity index (χ3n) is 6.57. The lowest BCUT2D eigenvalue weighted by Gasteiger charge is -2.29. The molecule has 2 aliphatic heterocycles. The first kappa shape index (κ1) is 21.0. The van der Waals surface area contributed by atoms with Gasteiger partial charge in [0.25, 0.3) is 11.8 Å². The number of imide groups is 1. The summed E-state index contributed by atoms with van der Waals surface area (Å²) in [6.45, 7) is 0.605. The zero-order valence-electron chi connectivity index (χ0n) is 17.1. The first-order valence-corrected chi connectivity index (χ1v) is 10.6. The minimum Gasteiger partial charge on any atom is -0.481 e. The molecule has 4 rings (SSSR count). The van der Waals surface area contributed by atoms with Crippen LogP contribution in [0.3, 0.4) is 0 Å². The highest BCUT2D eigenvalue weighted by Gasteiger charge is 2.40. The molecule has 1 saturated carbocycles. The molecule has 0 bridgehead atoms. The van der Waals surface area contributed by atoms with Crippen molar-refractivity contribution in [3.05, 3.63) is 34.9 Å². The molecular weight excluding hydrogens is 402 g/mol. The molecule has 1 saturated heterocycles. The van der Waals surface area contributed by atoms with E-state index in [1.165, 1.54) is 4.90 Å². The number of benzene rings is 1. The molecule has 1 aliphatic carbocycles. The van der Waals surface area contributed by atoms with E-state index >= 15 is 0 Å². The maximum Gasteiger partial charge on any atom is 0.306 e. The first-order valence-electron chi connectivity index (χ1n) is 10.6. The third-order valence-corrected chi connectivity index (χ3v) is 6.57. The monoisotopic (exact) mass is 427 g/mol. The predicted molar refractivity (Wildman–Crippen MR) is 108 cm³/mol. The molecule has 0 radical (unpaired) electrons. The number of nitrogens with one attached hydrogen (secondary N) is 2. The normalized spacial score (nSPS) is 25.7. The molecule has 1 atom stereocenters. The smallest absolute Gasteiger partial charge is 0.306 e. The summed E-state index contributed by atoms with van der Waals surface area (Å²) in [5.41, 5.74) is 1.39. The van der Waals surface area contributed by atoms with Gasteiger partial charge in [0.2, 0.25) is 11.8 Å². The second-order valence-corrected chi connectivity index (χ2v) is 8.50. The molecule has 164 valence electrons. The second kappa shape index (κ2) is 8.49. The Balaban J connectivity index is 1.41. The summed E-state index contributed by atoms with van der Waals surface area (Å²) < 4.78 is 0. The average molecular weight is 427 g/mol. The maximum absolute atomic E-state index is 12.9. The van der Waals surface area contributed by atoms with Crippen molar-refractivity contribution in [2.24, 2.45) is 11.8 Å². The highest BCUT2D eigenvalue weighted by Crippen LogP contribution is 2.31. The van der Waals surface area contributed by atoms with Gasteiger partial charge in [-0.15, -0.1) is 0 Å². The summed E-state index contributed by atoms with van der Waals surface area (Å²) in [7, 11) is 0. The summed E-state index contributed by atoms with van der Waals surface area (Å²) in [6.07, 6.45) is 3.19. The quantitative estimate of drug-likeness (QED) is 0.602. The van der Waals surface area contributed by atoms with Crippen LogP contribution in [-0.4, -0.2) is 52.2 Å². The fraction of sp³-hybridized carbons (Fsp3) is 0.500. The second-order valence-electron chi connectivity index (χ2n) is 8.50. The van der Waals surface area contributed by atoms with E-state index < -0.39 is 17.9 Å². The fourth-order valence-electron chi connectivity index (χ4n) is 4.74. The van der Waals surface area contributed by atoms with E-state index in [0.29, 0.717) is 36.1 Å². The fourth-order valence-corrected chi connectivity index (χ4v) is 4.74. The van der Waals surface area contributed by atoms with Gasteiger partial charge in [0.1, 0.15) is 6.04 Å². The zero-order chi connectivity index (χ0) is 22.1. The van der Waals surface area contributed by atoms with Crippen molar-refractivity contribution >= 4 is 29.6 Å². The summed E-state index contributed by atoms with van der Waals surface area (Å²) in [6, 6.07) is 4.24. The molecule has 1 aromatic rings. The summed E-state index contributed by atoms with van der Waals surface area (Å²) in [5.74, 6) is -2.25. The van der Waals surface area contributed by atoms with Gasteiger partial charge in [0.05, 0.1) is 5.92 Å². The number of hydrogen-bond acceptors (Lipinski definition) is 5. The Labute approximate surface area is 179 Å². The van der Waals surface area contributed by atoms with Crippen LogP contribution in [0.25, 0.3) is 0 Å². The van der Waals surface area contributed by atoms with Crippen molar-refractivity contribution in [2.75, 3.05) is 6.54 Å². The van der Waals surface area contributed by atoms with Gasteiger partial charge in [-0.2, -0.15) is 0 Å². The first-order chi connectivity index (χ1) is 14.8. The van der Waals surface area contributed by atoms with Gasteiger partial charge in [-0.05, 0) is 55.7 Å². The van der Waals surface area contributed by atoms with E-state index in [1.54, 1.807) is 18.2 Å². The van der Waals surface area contributed by atoms with Crippen molar-refractivity contribution < 1.29 is 29.1 Å². The minimum atomic E-state index is -0.757. The summed E-state index contributed by atoms with van der Waals surface area (Å²) in [5, 5.41) is 14.3. The maximum atomic E-state index is 12.9. The molecule has 31 heavy (non-hydrogen) atoms. The molecule has 2 fully saturated rings. The van der Waals surface area contributed by atoms with Crippen LogP contribution in [0, 0.1) is 11.8 Å². The van der Waals surface area contributed by atoms with Crippen molar-refractivity contribution in [2.45, 2.75) is 51.1 Å². The molecule has 9 nitrogen and oxygen atoms in total. The number of rotatable bonds is 5. The number of fused-ring (bicyclic) bond motifs is 1. The summed E-state index contributed by atoms with van der Waals surface area (Å²) >= 11 is 0. The van der Waals surface area contributed by atoms with Crippen molar-refractivity contribution in [3.8, 4) is 0 Å². The van der Waals surface area contributed by atoms with Gasteiger partial charge in [0, 0.05) is 30.6 Å². The van der Waals surface area contributed by atoms with E-state index in [-0.39, 0.29) is 48.9 Å². The molecule has 4 amide bonds. The number of carbonyl (C=O) groups excluding carboxylic acids is 4. The van der Waals surface area contributed by atoms with Crippen LogP contribution in [-0.2, 0) is 20.9 Å². The molecule has 1 unspecified atom stereocenters. The third kappa shape index (κ3) is 4.17. The van der Waals surface area contributed by atoms with Gasteiger partial charge < -0.3 is 15.3 Å². The van der Waals surface area contributed by atoms with Crippen LogP contribution in [0.1, 0.15) is 64.8 Å². The van der Waals surface area contributed by atoms with Crippen LogP contribution >= 0.6 is 0 Å². The van der Waals surface area contributed by atoms with Crippen LogP contribution in [0.5, 0.6) is 0 Å². The Kier molecular flexibility index (Phi) is 5.75. The SMILES string of the molecule is O=C1CCC(N2Cc3c(C(=O)NCC4CCC(C(=O)O)CC4)cccc3C2=O)C(=O)N1. The molecule has 2 heterocycles. The standard InChI is InChI=1S/C22H25N3O6/c26-18-9-8-17(20(28)24-18)25-11-16-14(2-1-3-15(16)21(25)29)19(27)23-10-12-4-6-13(7-5-12)22(30)31/h1-3,12-13,17H,4-11H2,(H,23,27)(H,30,31)(H,24,26,28). The molecular formula is C22H25N3O6. The van der Waals surface area contributed by atoms with E-state index in [1.807, 2.05) is 0 Å². The lowest BCUT2D eigenvalue weighted by Crippen LogP contribution is -2.52. The zero-order valence-corrected chi connectivity index (χ0v) is 17.1. The Morgan fingerprint density at radius 1 is 1.10 bits per heavy atom. The highest BCUT2D eigenvalue weighted by atomic mass is 16.4. The lowest BCUT2D eigenvalue weighted by atomic mass is 9.82. The predicted octanol–water partition coefficient (Wildman–Crippen LogP) is 1.07. The van der Waals surface area contributed by atoms with Gasteiger partial charge in [-0.1, -0.05) is 6.07 Å². The van der Waals surface area contributed by atoms with Crippen LogP contribution in [0.15, 0.2) is 18.2 Å². The Bertz CT molecular complexity index is 951. The summed E-state index contributed by atoms with van der Waals surface area (Å²) in [4.78, 5) is 61.9. The van der Waals surface area contributed by atoms with Crippen LogP contribution < -0.4 is 10.6 Å². The number of carboxylic acids is 1. The molecule has 1 aromatic carbocycles. The number of piperidine rings is 1. The number of hydrogen-bond donors (Lipinski definition) is 3. The minimum absolute atomic E-state index is 0.147.